The van der Waals surface area contributed by atoms with Crippen molar-refractivity contribution in [2.24, 2.45) is 0 Å². The Hall–Kier alpha value is -1.82. The molecule has 0 spiro atoms. The van der Waals surface area contributed by atoms with E-state index < -0.39 is 17.5 Å². The Bertz CT molecular complexity index is 568. The number of halogens is 2. The number of hydrogen-bond acceptors (Lipinski definition) is 3. The summed E-state index contributed by atoms with van der Waals surface area (Å²) in [4.78, 5) is 15.6. The van der Waals surface area contributed by atoms with E-state index in [9.17, 15) is 13.6 Å². The van der Waals surface area contributed by atoms with Gasteiger partial charge in [-0.1, -0.05) is 0 Å². The lowest BCUT2D eigenvalue weighted by Crippen LogP contribution is -2.13. The Balaban J connectivity index is 2.18. The number of nitrogens with zero attached hydrogens (tertiary/aromatic N) is 1. The molecule has 88 valence electrons. The molecule has 17 heavy (non-hydrogen) atoms. The zero-order valence-corrected chi connectivity index (χ0v) is 9.65. The number of nitrogens with one attached hydrogen (secondary N) is 1. The Morgan fingerprint density at radius 2 is 2.18 bits per heavy atom. The molecule has 1 heterocycles. The van der Waals surface area contributed by atoms with Gasteiger partial charge >= 0.3 is 0 Å². The highest BCUT2D eigenvalue weighted by atomic mass is 32.1. The van der Waals surface area contributed by atoms with Crippen molar-refractivity contribution >= 4 is 22.9 Å². The van der Waals surface area contributed by atoms with Crippen LogP contribution in [0.5, 0.6) is 0 Å². The maximum absolute atomic E-state index is 13.3. The third-order valence-corrected chi connectivity index (χ3v) is 2.80. The molecule has 0 fully saturated rings. The fraction of sp³-hybridized carbons (Fsp3) is 0.0909. The summed E-state index contributed by atoms with van der Waals surface area (Å²) in [5.74, 6) is -2.02. The molecule has 1 amide bonds. The van der Waals surface area contributed by atoms with Crippen LogP contribution in [0, 0.1) is 18.6 Å². The van der Waals surface area contributed by atoms with Crippen molar-refractivity contribution in [3.05, 3.63) is 45.9 Å². The molecule has 0 bridgehead atoms. The molecule has 6 heteroatoms. The first-order valence-electron chi connectivity index (χ1n) is 4.75. The molecule has 0 aliphatic rings. The van der Waals surface area contributed by atoms with E-state index in [0.29, 0.717) is 6.07 Å². The lowest BCUT2D eigenvalue weighted by Gasteiger charge is -2.04. The van der Waals surface area contributed by atoms with Crippen LogP contribution in [0.3, 0.4) is 0 Å². The monoisotopic (exact) mass is 254 g/mol. The maximum Gasteiger partial charge on any atom is 0.275 e. The van der Waals surface area contributed by atoms with E-state index in [4.69, 9.17) is 0 Å². The second-order valence-corrected chi connectivity index (χ2v) is 4.39. The second kappa shape index (κ2) is 4.58. The maximum atomic E-state index is 13.3. The SMILES string of the molecule is Cc1nc(C(=O)Nc2ccc(F)cc2F)cs1. The molecular weight excluding hydrogens is 246 g/mol. The van der Waals surface area contributed by atoms with Gasteiger partial charge in [0.2, 0.25) is 0 Å². The highest BCUT2D eigenvalue weighted by molar-refractivity contribution is 7.09. The number of carbonyl (C=O) groups excluding carboxylic acids is 1. The van der Waals surface area contributed by atoms with Crippen LogP contribution in [0.25, 0.3) is 0 Å². The van der Waals surface area contributed by atoms with Crippen LogP contribution in [0.2, 0.25) is 0 Å². The quantitative estimate of drug-likeness (QED) is 0.895. The molecule has 0 saturated carbocycles. The molecule has 1 aromatic carbocycles. The third-order valence-electron chi connectivity index (χ3n) is 2.03. The first kappa shape index (κ1) is 11.7. The highest BCUT2D eigenvalue weighted by Gasteiger charge is 2.12. The van der Waals surface area contributed by atoms with Crippen molar-refractivity contribution in [2.75, 3.05) is 5.32 Å². The van der Waals surface area contributed by atoms with Gasteiger partial charge in [0, 0.05) is 11.4 Å². The molecule has 0 aliphatic carbocycles. The van der Waals surface area contributed by atoms with Crippen molar-refractivity contribution < 1.29 is 13.6 Å². The lowest BCUT2D eigenvalue weighted by atomic mass is 10.3. The molecule has 3 nitrogen and oxygen atoms in total. The summed E-state index contributed by atoms with van der Waals surface area (Å²) >= 11 is 1.32. The van der Waals surface area contributed by atoms with Crippen molar-refractivity contribution in [1.29, 1.82) is 0 Å². The van der Waals surface area contributed by atoms with E-state index in [1.165, 1.54) is 17.4 Å². The molecule has 2 aromatic rings. The number of carbonyl (C=O) groups is 1. The number of thiazole rings is 1. The zero-order chi connectivity index (χ0) is 12.4. The Kier molecular flexibility index (Phi) is 3.14. The first-order chi connectivity index (χ1) is 8.06. The number of aryl methyl sites for hydroxylation is 1. The molecule has 0 radical (unpaired) electrons. The van der Waals surface area contributed by atoms with Gasteiger partial charge in [0.05, 0.1) is 10.7 Å². The molecule has 0 aliphatic heterocycles. The van der Waals surface area contributed by atoms with E-state index in [1.807, 2.05) is 0 Å². The van der Waals surface area contributed by atoms with E-state index in [-0.39, 0.29) is 11.4 Å². The van der Waals surface area contributed by atoms with E-state index in [1.54, 1.807) is 12.3 Å². The Morgan fingerprint density at radius 1 is 1.41 bits per heavy atom. The highest BCUT2D eigenvalue weighted by Crippen LogP contribution is 2.16. The van der Waals surface area contributed by atoms with Crippen LogP contribution in [-0.4, -0.2) is 10.9 Å². The van der Waals surface area contributed by atoms with Gasteiger partial charge in [0.25, 0.3) is 5.91 Å². The van der Waals surface area contributed by atoms with Gasteiger partial charge in [-0.25, -0.2) is 13.8 Å². The second-order valence-electron chi connectivity index (χ2n) is 3.33. The van der Waals surface area contributed by atoms with Gasteiger partial charge in [-0.15, -0.1) is 11.3 Å². The number of benzene rings is 1. The van der Waals surface area contributed by atoms with Gasteiger partial charge in [-0.05, 0) is 19.1 Å². The van der Waals surface area contributed by atoms with E-state index in [0.717, 1.165) is 11.1 Å². The molecule has 1 aromatic heterocycles. The summed E-state index contributed by atoms with van der Waals surface area (Å²) in [7, 11) is 0. The van der Waals surface area contributed by atoms with Gasteiger partial charge < -0.3 is 5.32 Å². The van der Waals surface area contributed by atoms with Crippen LogP contribution < -0.4 is 5.32 Å². The summed E-state index contributed by atoms with van der Waals surface area (Å²) in [6, 6.07) is 2.95. The third kappa shape index (κ3) is 2.65. The fourth-order valence-electron chi connectivity index (χ4n) is 1.24. The normalized spacial score (nSPS) is 10.3. The molecule has 0 saturated heterocycles. The number of rotatable bonds is 2. The predicted octanol–water partition coefficient (Wildman–Crippen LogP) is 2.98. The molecule has 0 unspecified atom stereocenters. The number of aromatic nitrogens is 1. The fourth-order valence-corrected chi connectivity index (χ4v) is 1.84. The van der Waals surface area contributed by atoms with E-state index >= 15 is 0 Å². The largest absolute Gasteiger partial charge is 0.318 e. The predicted molar refractivity (Wildman–Crippen MR) is 61.2 cm³/mol. The average Bonchev–Trinajstić information content (AvgIpc) is 2.69. The minimum atomic E-state index is -0.815. The van der Waals surface area contributed by atoms with Crippen molar-refractivity contribution in [3.63, 3.8) is 0 Å². The topological polar surface area (TPSA) is 42.0 Å². The summed E-state index contributed by atoms with van der Waals surface area (Å²) in [6.45, 7) is 1.76. The van der Waals surface area contributed by atoms with Crippen LogP contribution in [-0.2, 0) is 0 Å². The van der Waals surface area contributed by atoms with Gasteiger partial charge in [-0.2, -0.15) is 0 Å². The minimum absolute atomic E-state index is 0.0675. The number of anilines is 1. The number of amides is 1. The van der Waals surface area contributed by atoms with Gasteiger partial charge in [-0.3, -0.25) is 4.79 Å². The van der Waals surface area contributed by atoms with Crippen LogP contribution in [0.15, 0.2) is 23.6 Å². The molecular formula is C11H8F2N2OS. The molecule has 2 rings (SSSR count). The average molecular weight is 254 g/mol. The van der Waals surface area contributed by atoms with Crippen molar-refractivity contribution in [2.45, 2.75) is 6.92 Å². The van der Waals surface area contributed by atoms with Crippen LogP contribution >= 0.6 is 11.3 Å². The van der Waals surface area contributed by atoms with Gasteiger partial charge in [0.15, 0.2) is 0 Å². The van der Waals surface area contributed by atoms with E-state index in [2.05, 4.69) is 10.3 Å². The zero-order valence-electron chi connectivity index (χ0n) is 8.83. The summed E-state index contributed by atoms with van der Waals surface area (Å²) in [5, 5.41) is 4.65. The Labute approximate surface area is 100 Å². The lowest BCUT2D eigenvalue weighted by molar-refractivity contribution is 0.102. The minimum Gasteiger partial charge on any atom is -0.318 e. The molecule has 1 N–H and O–H groups in total. The number of hydrogen-bond donors (Lipinski definition) is 1. The van der Waals surface area contributed by atoms with Crippen molar-refractivity contribution in [3.8, 4) is 0 Å². The van der Waals surface area contributed by atoms with Crippen LogP contribution in [0.4, 0.5) is 14.5 Å². The molecule has 0 atom stereocenters. The van der Waals surface area contributed by atoms with Gasteiger partial charge in [0.1, 0.15) is 17.3 Å². The summed E-state index contributed by atoms with van der Waals surface area (Å²) < 4.78 is 25.9. The van der Waals surface area contributed by atoms with Crippen molar-refractivity contribution in [1.82, 2.24) is 4.98 Å². The summed E-state index contributed by atoms with van der Waals surface area (Å²) in [5.41, 5.74) is 0.151. The smallest absolute Gasteiger partial charge is 0.275 e. The summed E-state index contributed by atoms with van der Waals surface area (Å²) in [6.07, 6.45) is 0. The van der Waals surface area contributed by atoms with Crippen LogP contribution in [0.1, 0.15) is 15.5 Å². The standard InChI is InChI=1S/C11H8F2N2OS/c1-6-14-10(5-17-6)11(16)15-9-3-2-7(12)4-8(9)13/h2-5H,1H3,(H,15,16). The Morgan fingerprint density at radius 3 is 2.76 bits per heavy atom. The first-order valence-corrected chi connectivity index (χ1v) is 5.63.